The summed E-state index contributed by atoms with van der Waals surface area (Å²) in [6.45, 7) is 4.85. The fraction of sp³-hybridized carbons (Fsp3) is 0.304. The number of benzene rings is 2. The van der Waals surface area contributed by atoms with Gasteiger partial charge in [0.1, 0.15) is 11.6 Å². The first-order valence-electron chi connectivity index (χ1n) is 9.78. The number of nitriles is 1. The van der Waals surface area contributed by atoms with Gasteiger partial charge in [-0.15, -0.1) is 0 Å². The Morgan fingerprint density at radius 2 is 1.90 bits per heavy atom. The molecule has 0 atom stereocenters. The van der Waals surface area contributed by atoms with Gasteiger partial charge in [-0.2, -0.15) is 5.26 Å². The first-order chi connectivity index (χ1) is 14.6. The summed E-state index contributed by atoms with van der Waals surface area (Å²) in [7, 11) is 1.52. The fourth-order valence-corrected chi connectivity index (χ4v) is 3.67. The Kier molecular flexibility index (Phi) is 7.21. The molecule has 3 rings (SSSR count). The predicted octanol–water partition coefficient (Wildman–Crippen LogP) is 4.00. The van der Waals surface area contributed by atoms with Gasteiger partial charge in [-0.05, 0) is 42.8 Å². The third-order valence-electron chi connectivity index (χ3n) is 4.89. The zero-order chi connectivity index (χ0) is 21.5. The van der Waals surface area contributed by atoms with Crippen molar-refractivity contribution in [1.82, 2.24) is 4.90 Å². The number of ether oxygens (including phenoxy) is 2. The minimum Gasteiger partial charge on any atom is -0.493 e. The van der Waals surface area contributed by atoms with E-state index < -0.39 is 0 Å². The van der Waals surface area contributed by atoms with E-state index in [1.807, 2.05) is 31.2 Å². The maximum Gasteiger partial charge on any atom is 0.264 e. The molecule has 0 spiro atoms. The number of carbonyl (C=O) groups is 1. The van der Waals surface area contributed by atoms with Gasteiger partial charge in [0.2, 0.25) is 0 Å². The number of nitrogens with zero attached hydrogens (tertiary/aromatic N) is 3. The summed E-state index contributed by atoms with van der Waals surface area (Å²) in [6.07, 6.45) is 1.54. The van der Waals surface area contributed by atoms with Gasteiger partial charge >= 0.3 is 0 Å². The van der Waals surface area contributed by atoms with Crippen LogP contribution in [-0.4, -0.2) is 50.7 Å². The number of rotatable bonds is 6. The largest absolute Gasteiger partial charge is 0.493 e. The van der Waals surface area contributed by atoms with E-state index in [4.69, 9.17) is 21.1 Å². The molecule has 1 aliphatic heterocycles. The van der Waals surface area contributed by atoms with E-state index in [-0.39, 0.29) is 11.5 Å². The monoisotopic (exact) mass is 425 g/mol. The van der Waals surface area contributed by atoms with Gasteiger partial charge in [-0.1, -0.05) is 29.8 Å². The van der Waals surface area contributed by atoms with E-state index in [1.54, 1.807) is 17.0 Å². The minimum atomic E-state index is -0.283. The van der Waals surface area contributed by atoms with Crippen LogP contribution < -0.4 is 14.4 Å². The summed E-state index contributed by atoms with van der Waals surface area (Å²) in [5.74, 6) is 0.617. The van der Waals surface area contributed by atoms with Gasteiger partial charge in [0.25, 0.3) is 5.91 Å². The van der Waals surface area contributed by atoms with Crippen molar-refractivity contribution in [2.24, 2.45) is 0 Å². The third-order valence-corrected chi connectivity index (χ3v) is 5.17. The molecular weight excluding hydrogens is 402 g/mol. The molecule has 1 saturated heterocycles. The lowest BCUT2D eigenvalue weighted by Crippen LogP contribution is -2.49. The minimum absolute atomic E-state index is 0.0606. The van der Waals surface area contributed by atoms with Crippen LogP contribution >= 0.6 is 11.6 Å². The van der Waals surface area contributed by atoms with Gasteiger partial charge < -0.3 is 19.3 Å². The highest BCUT2D eigenvalue weighted by Crippen LogP contribution is 2.37. The van der Waals surface area contributed by atoms with Crippen molar-refractivity contribution >= 4 is 29.3 Å². The maximum atomic E-state index is 12.9. The molecule has 1 fully saturated rings. The van der Waals surface area contributed by atoms with Crippen LogP contribution in [0.2, 0.25) is 5.02 Å². The summed E-state index contributed by atoms with van der Waals surface area (Å²) >= 11 is 6.30. The van der Waals surface area contributed by atoms with Crippen molar-refractivity contribution in [3.63, 3.8) is 0 Å². The van der Waals surface area contributed by atoms with E-state index in [9.17, 15) is 10.1 Å². The van der Waals surface area contributed by atoms with Crippen molar-refractivity contribution in [3.05, 3.63) is 58.6 Å². The van der Waals surface area contributed by atoms with Gasteiger partial charge in [-0.3, -0.25) is 4.79 Å². The lowest BCUT2D eigenvalue weighted by atomic mass is 10.1. The van der Waals surface area contributed by atoms with Crippen molar-refractivity contribution in [2.75, 3.05) is 44.8 Å². The molecule has 1 amide bonds. The van der Waals surface area contributed by atoms with Gasteiger partial charge in [0, 0.05) is 31.9 Å². The number of hydrogen-bond acceptors (Lipinski definition) is 5. The topological polar surface area (TPSA) is 65.8 Å². The molecule has 6 nitrogen and oxygen atoms in total. The quantitative estimate of drug-likeness (QED) is 0.517. The molecule has 0 N–H and O–H groups in total. The number of halogens is 1. The van der Waals surface area contributed by atoms with E-state index >= 15 is 0 Å². The number of anilines is 1. The Bertz CT molecular complexity index is 962. The molecule has 0 radical (unpaired) electrons. The average molecular weight is 426 g/mol. The Balaban J connectivity index is 1.75. The first kappa shape index (κ1) is 21.5. The highest BCUT2D eigenvalue weighted by Gasteiger charge is 2.24. The van der Waals surface area contributed by atoms with Crippen LogP contribution in [0.25, 0.3) is 6.08 Å². The van der Waals surface area contributed by atoms with E-state index in [0.717, 1.165) is 18.8 Å². The molecule has 0 aliphatic carbocycles. The smallest absolute Gasteiger partial charge is 0.264 e. The summed E-state index contributed by atoms with van der Waals surface area (Å²) in [4.78, 5) is 16.9. The van der Waals surface area contributed by atoms with Crippen LogP contribution in [-0.2, 0) is 4.79 Å². The van der Waals surface area contributed by atoms with Crippen molar-refractivity contribution in [1.29, 1.82) is 5.26 Å². The van der Waals surface area contributed by atoms with E-state index in [1.165, 1.54) is 13.2 Å². The summed E-state index contributed by atoms with van der Waals surface area (Å²) < 4.78 is 10.9. The molecule has 0 saturated carbocycles. The van der Waals surface area contributed by atoms with Crippen LogP contribution in [0, 0.1) is 11.3 Å². The van der Waals surface area contributed by atoms with Gasteiger partial charge in [0.15, 0.2) is 11.5 Å². The maximum absolute atomic E-state index is 12.9. The second kappa shape index (κ2) is 10.0. The summed E-state index contributed by atoms with van der Waals surface area (Å²) in [6, 6.07) is 15.5. The number of para-hydroxylation sites is 1. The van der Waals surface area contributed by atoms with Gasteiger partial charge in [0.05, 0.1) is 18.7 Å². The SMILES string of the molecule is CCOc1c(Cl)cc(/C=C(/C#N)C(=O)N2CCN(c3ccccc3)CC2)cc1OC. The molecule has 0 unspecified atom stereocenters. The van der Waals surface area contributed by atoms with Crippen LogP contribution in [0.5, 0.6) is 11.5 Å². The van der Waals surface area contributed by atoms with Crippen LogP contribution in [0.4, 0.5) is 5.69 Å². The molecule has 1 aliphatic rings. The normalized spacial score (nSPS) is 14.3. The number of carbonyl (C=O) groups excluding carboxylic acids is 1. The number of piperazine rings is 1. The van der Waals surface area contributed by atoms with Crippen molar-refractivity contribution < 1.29 is 14.3 Å². The fourth-order valence-electron chi connectivity index (χ4n) is 3.39. The van der Waals surface area contributed by atoms with Crippen molar-refractivity contribution in [2.45, 2.75) is 6.92 Å². The molecule has 7 heteroatoms. The molecule has 0 bridgehead atoms. The number of amides is 1. The van der Waals surface area contributed by atoms with Crippen LogP contribution in [0.15, 0.2) is 48.0 Å². The van der Waals surface area contributed by atoms with Gasteiger partial charge in [-0.25, -0.2) is 0 Å². The van der Waals surface area contributed by atoms with Crippen LogP contribution in [0.1, 0.15) is 12.5 Å². The predicted molar refractivity (Wildman–Crippen MR) is 118 cm³/mol. The highest BCUT2D eigenvalue weighted by molar-refractivity contribution is 6.32. The standard InChI is InChI=1S/C23H24ClN3O3/c1-3-30-22-20(24)14-17(15-21(22)29-2)13-18(16-25)23(28)27-11-9-26(10-12-27)19-7-5-4-6-8-19/h4-8,13-15H,3,9-12H2,1-2H3/b18-13-. The van der Waals surface area contributed by atoms with E-state index in [0.29, 0.717) is 41.8 Å². The summed E-state index contributed by atoms with van der Waals surface area (Å²) in [5, 5.41) is 9.95. The van der Waals surface area contributed by atoms with Crippen molar-refractivity contribution in [3.8, 4) is 17.6 Å². The molecule has 2 aromatic carbocycles. The molecule has 0 aromatic heterocycles. The van der Waals surface area contributed by atoms with Crippen LogP contribution in [0.3, 0.4) is 0 Å². The lowest BCUT2D eigenvalue weighted by Gasteiger charge is -2.36. The third kappa shape index (κ3) is 4.87. The Morgan fingerprint density at radius 3 is 2.50 bits per heavy atom. The second-order valence-electron chi connectivity index (χ2n) is 6.75. The molecule has 156 valence electrons. The zero-order valence-corrected chi connectivity index (χ0v) is 17.9. The Morgan fingerprint density at radius 1 is 1.20 bits per heavy atom. The Labute approximate surface area is 181 Å². The first-order valence-corrected chi connectivity index (χ1v) is 10.2. The molecule has 30 heavy (non-hydrogen) atoms. The zero-order valence-electron chi connectivity index (χ0n) is 17.1. The molecular formula is C23H24ClN3O3. The lowest BCUT2D eigenvalue weighted by molar-refractivity contribution is -0.126. The van der Waals surface area contributed by atoms with E-state index in [2.05, 4.69) is 17.0 Å². The second-order valence-corrected chi connectivity index (χ2v) is 7.16. The number of hydrogen-bond donors (Lipinski definition) is 0. The molecule has 1 heterocycles. The average Bonchev–Trinajstić information content (AvgIpc) is 2.79. The number of methoxy groups -OCH3 is 1. The molecule has 2 aromatic rings. The Hall–Kier alpha value is -3.17. The summed E-state index contributed by atoms with van der Waals surface area (Å²) in [5.41, 5.74) is 1.80. The highest BCUT2D eigenvalue weighted by atomic mass is 35.5.